The van der Waals surface area contributed by atoms with E-state index in [-0.39, 0.29) is 0 Å². The topological polar surface area (TPSA) is 54.3 Å². The average molecular weight is 204 g/mol. The summed E-state index contributed by atoms with van der Waals surface area (Å²) in [5.74, 6) is 0. The number of nitrogens with zero attached hydrogens (tertiary/aromatic N) is 1. The van der Waals surface area contributed by atoms with Gasteiger partial charge in [-0.1, -0.05) is 11.3 Å². The molecule has 66 valence electrons. The molecule has 0 atom stereocenters. The van der Waals surface area contributed by atoms with Crippen LogP contribution in [0.25, 0.3) is 0 Å². The van der Waals surface area contributed by atoms with Crippen molar-refractivity contribution >= 4 is 34.6 Å². The van der Waals surface area contributed by atoms with Gasteiger partial charge in [0.05, 0.1) is 5.69 Å². The van der Waals surface area contributed by atoms with Crippen molar-refractivity contribution in [1.82, 2.24) is 4.57 Å². The van der Waals surface area contributed by atoms with Crippen molar-refractivity contribution in [2.45, 2.75) is 6.92 Å². The molecule has 0 saturated heterocycles. The van der Waals surface area contributed by atoms with Crippen molar-refractivity contribution in [2.75, 3.05) is 5.32 Å². The van der Waals surface area contributed by atoms with Crippen LogP contribution in [0.4, 0.5) is 9.80 Å². The molecule has 1 aromatic heterocycles. The summed E-state index contributed by atoms with van der Waals surface area (Å²) in [6.45, 7) is 1.82. The average Bonchev–Trinajstić information content (AvgIpc) is 2.17. The Labute approximate surface area is 78.5 Å². The first-order chi connectivity index (χ1) is 5.52. The van der Waals surface area contributed by atoms with Gasteiger partial charge in [0, 0.05) is 7.05 Å². The molecule has 0 bridgehead atoms. The molecule has 0 saturated carbocycles. The van der Waals surface area contributed by atoms with Gasteiger partial charge < -0.3 is 9.67 Å². The molecule has 2 N–H and O–H groups in total. The Morgan fingerprint density at radius 2 is 2.33 bits per heavy atom. The molecular formula is C6H8N2O2S2. The van der Waals surface area contributed by atoms with Crippen molar-refractivity contribution in [3.8, 4) is 0 Å². The van der Waals surface area contributed by atoms with Crippen LogP contribution in [0.1, 0.15) is 5.69 Å². The van der Waals surface area contributed by atoms with Crippen molar-refractivity contribution < 1.29 is 9.90 Å². The fourth-order valence-corrected chi connectivity index (χ4v) is 1.99. The van der Waals surface area contributed by atoms with Crippen molar-refractivity contribution in [3.63, 3.8) is 0 Å². The molecule has 0 aromatic carbocycles. The Bertz CT molecular complexity index is 366. The Kier molecular flexibility index (Phi) is 2.49. The van der Waals surface area contributed by atoms with Gasteiger partial charge in [-0.25, -0.2) is 4.79 Å². The summed E-state index contributed by atoms with van der Waals surface area (Å²) in [4.78, 5) is 10.3. The van der Waals surface area contributed by atoms with Gasteiger partial charge in [-0.15, -0.1) is 0 Å². The van der Waals surface area contributed by atoms with E-state index < -0.39 is 6.09 Å². The maximum Gasteiger partial charge on any atom is 0.409 e. The number of amides is 1. The maximum absolute atomic E-state index is 10.3. The summed E-state index contributed by atoms with van der Waals surface area (Å²) < 4.78 is 2.43. The molecule has 0 radical (unpaired) electrons. The Hall–Kier alpha value is -0.880. The van der Waals surface area contributed by atoms with Gasteiger partial charge in [-0.05, 0) is 19.1 Å². The zero-order valence-electron chi connectivity index (χ0n) is 6.62. The molecule has 1 rings (SSSR count). The number of hydrogen-bond donors (Lipinski definition) is 2. The van der Waals surface area contributed by atoms with Gasteiger partial charge in [0.15, 0.2) is 3.95 Å². The fraction of sp³-hybridized carbons (Fsp3) is 0.333. The van der Waals surface area contributed by atoms with Crippen LogP contribution in [0, 0.1) is 10.9 Å². The number of hydrogen-bond acceptors (Lipinski definition) is 3. The van der Waals surface area contributed by atoms with Gasteiger partial charge in [0.1, 0.15) is 5.00 Å². The molecule has 0 aliphatic carbocycles. The van der Waals surface area contributed by atoms with Crippen molar-refractivity contribution in [3.05, 3.63) is 9.65 Å². The van der Waals surface area contributed by atoms with Crippen LogP contribution in [-0.4, -0.2) is 15.8 Å². The molecule has 0 fully saturated rings. The van der Waals surface area contributed by atoms with Gasteiger partial charge in [-0.3, -0.25) is 5.32 Å². The van der Waals surface area contributed by atoms with Crippen LogP contribution in [0.5, 0.6) is 0 Å². The van der Waals surface area contributed by atoms with E-state index in [2.05, 4.69) is 5.32 Å². The van der Waals surface area contributed by atoms with Crippen LogP contribution in [0.3, 0.4) is 0 Å². The van der Waals surface area contributed by atoms with Gasteiger partial charge in [0.25, 0.3) is 0 Å². The minimum Gasteiger partial charge on any atom is -0.465 e. The summed E-state index contributed by atoms with van der Waals surface area (Å²) in [5.41, 5.74) is 0.840. The second-order valence-electron chi connectivity index (χ2n) is 2.27. The van der Waals surface area contributed by atoms with Crippen LogP contribution in [0.15, 0.2) is 0 Å². The number of nitrogens with one attached hydrogen (secondary N) is 1. The summed E-state index contributed by atoms with van der Waals surface area (Å²) in [6.07, 6.45) is -1.06. The minimum absolute atomic E-state index is 0.593. The molecule has 12 heavy (non-hydrogen) atoms. The first-order valence-corrected chi connectivity index (χ1v) is 4.41. The Morgan fingerprint density at radius 1 is 1.75 bits per heavy atom. The fourth-order valence-electron chi connectivity index (χ4n) is 0.732. The quantitative estimate of drug-likeness (QED) is 0.690. The highest BCUT2D eigenvalue weighted by atomic mass is 32.1. The van der Waals surface area contributed by atoms with E-state index in [4.69, 9.17) is 17.3 Å². The number of carboxylic acid groups (broad SMARTS) is 1. The van der Waals surface area contributed by atoms with E-state index in [1.807, 2.05) is 6.92 Å². The van der Waals surface area contributed by atoms with E-state index in [9.17, 15) is 4.79 Å². The SMILES string of the molecule is Cc1c(NC(=O)O)sc(=S)n1C. The highest BCUT2D eigenvalue weighted by molar-refractivity contribution is 7.73. The summed E-state index contributed by atoms with van der Waals surface area (Å²) >= 11 is 6.22. The van der Waals surface area contributed by atoms with Crippen LogP contribution in [0.2, 0.25) is 0 Å². The Balaban J connectivity index is 3.09. The van der Waals surface area contributed by atoms with E-state index in [1.54, 1.807) is 11.6 Å². The van der Waals surface area contributed by atoms with Crippen LogP contribution < -0.4 is 5.32 Å². The molecule has 0 aliphatic rings. The number of anilines is 1. The van der Waals surface area contributed by atoms with Crippen LogP contribution >= 0.6 is 23.6 Å². The molecule has 0 aliphatic heterocycles. The Morgan fingerprint density at radius 3 is 2.67 bits per heavy atom. The van der Waals surface area contributed by atoms with Gasteiger partial charge in [-0.2, -0.15) is 0 Å². The largest absolute Gasteiger partial charge is 0.465 e. The highest BCUT2D eigenvalue weighted by Gasteiger charge is 2.07. The summed E-state index contributed by atoms with van der Waals surface area (Å²) in [7, 11) is 1.81. The minimum atomic E-state index is -1.06. The van der Waals surface area contributed by atoms with Crippen molar-refractivity contribution in [2.24, 2.45) is 7.05 Å². The predicted molar refractivity (Wildman–Crippen MR) is 50.5 cm³/mol. The van der Waals surface area contributed by atoms with E-state index in [1.165, 1.54) is 11.3 Å². The third kappa shape index (κ3) is 1.64. The zero-order chi connectivity index (χ0) is 9.30. The molecule has 0 spiro atoms. The highest BCUT2D eigenvalue weighted by Crippen LogP contribution is 2.23. The molecule has 1 heterocycles. The van der Waals surface area contributed by atoms with E-state index in [0.717, 1.165) is 5.69 Å². The second-order valence-corrected chi connectivity index (χ2v) is 3.92. The number of thiazole rings is 1. The lowest BCUT2D eigenvalue weighted by Gasteiger charge is -1.98. The molecular weight excluding hydrogens is 196 g/mol. The normalized spacial score (nSPS) is 9.83. The second kappa shape index (κ2) is 3.24. The first-order valence-electron chi connectivity index (χ1n) is 3.18. The molecule has 4 nitrogen and oxygen atoms in total. The number of aromatic nitrogens is 1. The number of rotatable bonds is 1. The molecule has 1 amide bonds. The third-order valence-corrected chi connectivity index (χ3v) is 3.09. The first kappa shape index (κ1) is 9.21. The van der Waals surface area contributed by atoms with E-state index >= 15 is 0 Å². The summed E-state index contributed by atoms with van der Waals surface area (Å²) in [6, 6.07) is 0. The smallest absolute Gasteiger partial charge is 0.409 e. The van der Waals surface area contributed by atoms with Gasteiger partial charge >= 0.3 is 6.09 Å². The monoisotopic (exact) mass is 204 g/mol. The lowest BCUT2D eigenvalue weighted by Crippen LogP contribution is -2.07. The maximum atomic E-state index is 10.3. The third-order valence-electron chi connectivity index (χ3n) is 1.52. The standard InChI is InChI=1S/C6H8N2O2S2/c1-3-4(7-5(9)10)12-6(11)8(3)2/h7H,1-2H3,(H,9,10). The van der Waals surface area contributed by atoms with Gasteiger partial charge in [0.2, 0.25) is 0 Å². The predicted octanol–water partition coefficient (Wildman–Crippen LogP) is 2.21. The van der Waals surface area contributed by atoms with Crippen LogP contribution in [-0.2, 0) is 7.05 Å². The lowest BCUT2D eigenvalue weighted by atomic mass is 10.5. The molecule has 6 heteroatoms. The molecule has 0 unspecified atom stereocenters. The zero-order valence-corrected chi connectivity index (χ0v) is 8.25. The van der Waals surface area contributed by atoms with Crippen molar-refractivity contribution in [1.29, 1.82) is 0 Å². The number of carbonyl (C=O) groups is 1. The molecule has 1 aromatic rings. The summed E-state index contributed by atoms with van der Waals surface area (Å²) in [5, 5.41) is 11.3. The lowest BCUT2D eigenvalue weighted by molar-refractivity contribution is 0.210. The van der Waals surface area contributed by atoms with E-state index in [0.29, 0.717) is 8.96 Å².